The van der Waals surface area contributed by atoms with Gasteiger partial charge in [-0.3, -0.25) is 10.2 Å². The molecule has 1 aromatic heterocycles. The van der Waals surface area contributed by atoms with Crippen LogP contribution in [0.4, 0.5) is 8.78 Å². The van der Waals surface area contributed by atoms with E-state index in [1.165, 1.54) is 0 Å². The lowest BCUT2D eigenvalue weighted by Gasteiger charge is -2.31. The molecule has 2 aromatic rings. The number of carbonyl (C=O) groups excluding carboxylic acids is 1. The fourth-order valence-electron chi connectivity index (χ4n) is 5.05. The van der Waals surface area contributed by atoms with E-state index in [0.29, 0.717) is 17.9 Å². The Labute approximate surface area is 216 Å². The van der Waals surface area contributed by atoms with Crippen LogP contribution < -0.4 is 16.5 Å². The molecular formula is C27H34ClF2N5O. The maximum atomic E-state index is 13.5. The van der Waals surface area contributed by atoms with Crippen molar-refractivity contribution in [2.75, 3.05) is 0 Å². The minimum Gasteiger partial charge on any atom is -0.347 e. The van der Waals surface area contributed by atoms with Crippen LogP contribution in [0.25, 0.3) is 10.9 Å². The van der Waals surface area contributed by atoms with Crippen molar-refractivity contribution in [1.29, 1.82) is 0 Å². The molecule has 1 aliphatic heterocycles. The van der Waals surface area contributed by atoms with Gasteiger partial charge in [-0.2, -0.15) is 0 Å². The Balaban J connectivity index is 1.34. The Morgan fingerprint density at radius 3 is 2.78 bits per heavy atom. The van der Waals surface area contributed by atoms with Crippen LogP contribution >= 0.6 is 11.6 Å². The second-order valence-corrected chi connectivity index (χ2v) is 10.5. The van der Waals surface area contributed by atoms with E-state index in [2.05, 4.69) is 44.9 Å². The first-order valence-corrected chi connectivity index (χ1v) is 13.1. The lowest BCUT2D eigenvalue weighted by Crippen LogP contribution is -2.35. The molecule has 0 bridgehead atoms. The second-order valence-electron chi connectivity index (χ2n) is 10.1. The molecule has 9 heteroatoms. The van der Waals surface area contributed by atoms with Crippen LogP contribution in [0.5, 0.6) is 0 Å². The van der Waals surface area contributed by atoms with Crippen molar-refractivity contribution in [3.8, 4) is 11.8 Å². The number of Topliss-reactive ketones (excluding diaryl/α,β-unsaturated/α-hetero) is 1. The summed E-state index contributed by atoms with van der Waals surface area (Å²) in [4.78, 5) is 13.5. The Hall–Kier alpha value is -2.63. The molecule has 2 aliphatic rings. The van der Waals surface area contributed by atoms with Crippen molar-refractivity contribution in [2.24, 2.45) is 24.0 Å². The van der Waals surface area contributed by atoms with Crippen molar-refractivity contribution < 1.29 is 13.6 Å². The van der Waals surface area contributed by atoms with E-state index in [1.54, 1.807) is 0 Å². The Morgan fingerprint density at radius 1 is 1.28 bits per heavy atom. The summed E-state index contributed by atoms with van der Waals surface area (Å²) in [5.74, 6) is 4.45. The third kappa shape index (κ3) is 6.57. The fourth-order valence-corrected chi connectivity index (χ4v) is 5.23. The van der Waals surface area contributed by atoms with Crippen molar-refractivity contribution in [3.63, 3.8) is 0 Å². The number of nitrogens with zero attached hydrogens (tertiary/aromatic N) is 2. The lowest BCUT2D eigenvalue weighted by atomic mass is 9.82. The van der Waals surface area contributed by atoms with E-state index in [9.17, 15) is 13.6 Å². The smallest absolute Gasteiger partial charge is 0.250 e. The number of unbranched alkanes of at least 4 members (excludes halogenated alkanes) is 4. The number of amidine groups is 1. The molecule has 3 N–H and O–H groups in total. The van der Waals surface area contributed by atoms with Gasteiger partial charge in [0.25, 0.3) is 5.92 Å². The SMILES string of the molecule is C[C@@H](CC(=O)c1c(CCCCCCC#CC2CC(F)(F)C2)n(C)c2ccc(Cl)cc12)CC1=NNNN1. The Bertz CT molecular complexity index is 1190. The van der Waals surface area contributed by atoms with Gasteiger partial charge in [-0.05, 0) is 43.4 Å². The Kier molecular flexibility index (Phi) is 8.53. The van der Waals surface area contributed by atoms with E-state index in [-0.39, 0.29) is 30.5 Å². The molecule has 0 unspecified atom stereocenters. The minimum atomic E-state index is -2.50. The molecule has 194 valence electrons. The maximum absolute atomic E-state index is 13.5. The van der Waals surface area contributed by atoms with Crippen LogP contribution in [0.2, 0.25) is 5.02 Å². The zero-order valence-electron chi connectivity index (χ0n) is 20.9. The minimum absolute atomic E-state index is 0.0872. The number of nitrogens with one attached hydrogen (secondary N) is 3. The highest BCUT2D eigenvalue weighted by Crippen LogP contribution is 2.41. The molecule has 1 fully saturated rings. The normalized spacial score (nSPS) is 17.5. The molecule has 0 amide bonds. The molecule has 2 heterocycles. The third-order valence-corrected chi connectivity index (χ3v) is 7.19. The summed E-state index contributed by atoms with van der Waals surface area (Å²) in [6.07, 6.45) is 6.46. The molecule has 4 rings (SSSR count). The number of hydrazone groups is 1. The fraction of sp³-hybridized carbons (Fsp3) is 0.556. The van der Waals surface area contributed by atoms with Crippen molar-refractivity contribution >= 4 is 34.1 Å². The molecule has 36 heavy (non-hydrogen) atoms. The summed E-state index contributed by atoms with van der Waals surface area (Å²) >= 11 is 6.30. The number of halogens is 3. The zero-order valence-corrected chi connectivity index (χ0v) is 21.7. The topological polar surface area (TPSA) is 70.5 Å². The highest BCUT2D eigenvalue weighted by molar-refractivity contribution is 6.31. The van der Waals surface area contributed by atoms with E-state index < -0.39 is 5.92 Å². The van der Waals surface area contributed by atoms with Gasteiger partial charge < -0.3 is 4.57 Å². The largest absolute Gasteiger partial charge is 0.347 e. The molecular weight excluding hydrogens is 484 g/mol. The number of rotatable bonds is 11. The van der Waals surface area contributed by atoms with Crippen molar-refractivity contribution in [1.82, 2.24) is 21.1 Å². The number of fused-ring (bicyclic) bond motifs is 1. The number of hydrogen-bond acceptors (Lipinski definition) is 5. The molecule has 1 atom stereocenters. The van der Waals surface area contributed by atoms with Crippen LogP contribution in [0.1, 0.15) is 80.8 Å². The zero-order chi connectivity index (χ0) is 25.7. The number of alkyl halides is 2. The van der Waals surface area contributed by atoms with Crippen molar-refractivity contribution in [2.45, 2.75) is 77.1 Å². The van der Waals surface area contributed by atoms with E-state index in [1.807, 2.05) is 25.2 Å². The Morgan fingerprint density at radius 2 is 2.06 bits per heavy atom. The average Bonchev–Trinajstić information content (AvgIpc) is 3.39. The van der Waals surface area contributed by atoms with Gasteiger partial charge in [0.15, 0.2) is 5.78 Å². The van der Waals surface area contributed by atoms with E-state index in [4.69, 9.17) is 11.6 Å². The molecule has 6 nitrogen and oxygen atoms in total. The predicted molar refractivity (Wildman–Crippen MR) is 140 cm³/mol. The van der Waals surface area contributed by atoms with Gasteiger partial charge in [0.2, 0.25) is 0 Å². The van der Waals surface area contributed by atoms with Gasteiger partial charge in [-0.15, -0.1) is 16.6 Å². The highest BCUT2D eigenvalue weighted by atomic mass is 35.5. The quantitative estimate of drug-likeness (QED) is 0.197. The molecule has 1 aromatic carbocycles. The number of aromatic nitrogens is 1. The van der Waals surface area contributed by atoms with Crippen molar-refractivity contribution in [3.05, 3.63) is 34.5 Å². The molecule has 0 radical (unpaired) electrons. The van der Waals surface area contributed by atoms with Gasteiger partial charge in [0.1, 0.15) is 5.84 Å². The molecule has 0 spiro atoms. The third-order valence-electron chi connectivity index (χ3n) is 6.95. The van der Waals surface area contributed by atoms with Crippen LogP contribution in [-0.2, 0) is 13.5 Å². The lowest BCUT2D eigenvalue weighted by molar-refractivity contribution is -0.0936. The molecule has 1 saturated carbocycles. The maximum Gasteiger partial charge on any atom is 0.250 e. The molecule has 0 saturated heterocycles. The first-order chi connectivity index (χ1) is 17.2. The molecule has 1 aliphatic carbocycles. The van der Waals surface area contributed by atoms with E-state index in [0.717, 1.165) is 66.5 Å². The van der Waals surface area contributed by atoms with Gasteiger partial charge in [0, 0.05) is 72.3 Å². The number of ketones is 1. The number of carbonyl (C=O) groups is 1. The van der Waals surface area contributed by atoms with Crippen LogP contribution in [-0.4, -0.2) is 22.1 Å². The average molecular weight is 518 g/mol. The van der Waals surface area contributed by atoms with Gasteiger partial charge >= 0.3 is 0 Å². The standard InChI is InChI=1S/C27H34ClF2N5O/c1-18(14-25-31-33-34-32-25)13-24(36)26-21-15-20(28)11-12-22(21)35(2)23(26)10-8-6-4-3-5-7-9-19-16-27(29,30)17-19/h11-12,15,18-19,33-34H,3-6,8,10,13-14,16-17H2,1-2H3,(H,31,32)/t18-/m0/s1. The first-order valence-electron chi connectivity index (χ1n) is 12.7. The summed E-state index contributed by atoms with van der Waals surface area (Å²) in [7, 11) is 2.01. The van der Waals surface area contributed by atoms with E-state index >= 15 is 0 Å². The number of hydrogen-bond donors (Lipinski definition) is 3. The summed E-state index contributed by atoms with van der Waals surface area (Å²) < 4.78 is 27.9. The number of hydrazine groups is 2. The van der Waals surface area contributed by atoms with Gasteiger partial charge in [-0.25, -0.2) is 14.3 Å². The summed E-state index contributed by atoms with van der Waals surface area (Å²) in [5.41, 5.74) is 11.2. The number of aryl methyl sites for hydroxylation is 1. The summed E-state index contributed by atoms with van der Waals surface area (Å²) in [5, 5.41) is 5.64. The van der Waals surface area contributed by atoms with Crippen LogP contribution in [0, 0.1) is 23.7 Å². The first kappa shape index (κ1) is 26.4. The predicted octanol–water partition coefficient (Wildman–Crippen LogP) is 5.90. The van der Waals surface area contributed by atoms with Gasteiger partial charge in [-0.1, -0.05) is 37.3 Å². The summed E-state index contributed by atoms with van der Waals surface area (Å²) in [6, 6.07) is 5.73. The number of benzene rings is 1. The second kappa shape index (κ2) is 11.6. The monoisotopic (exact) mass is 517 g/mol. The van der Waals surface area contributed by atoms with Crippen LogP contribution in [0.15, 0.2) is 23.3 Å². The van der Waals surface area contributed by atoms with Crippen LogP contribution in [0.3, 0.4) is 0 Å². The van der Waals surface area contributed by atoms with Gasteiger partial charge in [0.05, 0.1) is 0 Å². The summed E-state index contributed by atoms with van der Waals surface area (Å²) in [6.45, 7) is 2.05. The highest BCUT2D eigenvalue weighted by Gasteiger charge is 2.44.